The molecule has 126 valence electrons. The molecule has 0 radical (unpaired) electrons. The number of ether oxygens (including phenoxy) is 1. The Morgan fingerprint density at radius 3 is 2.36 bits per heavy atom. The number of urea groups is 1. The molecule has 1 unspecified atom stereocenters. The molecule has 2 saturated carbocycles. The van der Waals surface area contributed by atoms with E-state index in [0.29, 0.717) is 0 Å². The number of hydrogen-bond donors (Lipinski definition) is 3. The van der Waals surface area contributed by atoms with E-state index >= 15 is 0 Å². The van der Waals surface area contributed by atoms with Crippen LogP contribution < -0.4 is 10.6 Å². The van der Waals surface area contributed by atoms with E-state index < -0.39 is 0 Å². The van der Waals surface area contributed by atoms with Crippen molar-refractivity contribution in [2.75, 3.05) is 6.61 Å². The van der Waals surface area contributed by atoms with Crippen LogP contribution in [0.3, 0.4) is 0 Å². The molecule has 0 aromatic rings. The summed E-state index contributed by atoms with van der Waals surface area (Å²) in [7, 11) is 0. The molecule has 3 rings (SSSR count). The molecule has 1 aliphatic heterocycles. The number of amides is 2. The van der Waals surface area contributed by atoms with Crippen molar-refractivity contribution in [3.63, 3.8) is 0 Å². The van der Waals surface area contributed by atoms with Gasteiger partial charge in [-0.05, 0) is 51.4 Å². The second-order valence-electron chi connectivity index (χ2n) is 7.41. The summed E-state index contributed by atoms with van der Waals surface area (Å²) in [5.74, 6) is 0. The monoisotopic (exact) mass is 310 g/mol. The zero-order valence-electron chi connectivity index (χ0n) is 13.5. The molecule has 2 amide bonds. The standard InChI is InChI=1S/C17H30N2O3/c20-15-6-4-13(5-7-15)18-16(21)19-14-8-11-22-17(12-14)9-2-1-3-10-17/h13-15,20H,1-12H2,(H2,18,19,21). The van der Waals surface area contributed by atoms with Crippen LogP contribution in [0, 0.1) is 0 Å². The van der Waals surface area contributed by atoms with Crippen LogP contribution in [0.4, 0.5) is 4.79 Å². The van der Waals surface area contributed by atoms with Gasteiger partial charge in [-0.25, -0.2) is 4.79 Å². The lowest BCUT2D eigenvalue weighted by atomic mass is 9.78. The first kappa shape index (κ1) is 16.1. The van der Waals surface area contributed by atoms with E-state index in [-0.39, 0.29) is 29.8 Å². The van der Waals surface area contributed by atoms with Crippen molar-refractivity contribution in [3.05, 3.63) is 0 Å². The van der Waals surface area contributed by atoms with Gasteiger partial charge in [0, 0.05) is 18.7 Å². The van der Waals surface area contributed by atoms with E-state index in [1.807, 2.05) is 0 Å². The maximum Gasteiger partial charge on any atom is 0.315 e. The lowest BCUT2D eigenvalue weighted by Gasteiger charge is -2.43. The molecule has 1 heterocycles. The van der Waals surface area contributed by atoms with Crippen LogP contribution >= 0.6 is 0 Å². The fourth-order valence-electron chi connectivity index (χ4n) is 4.33. The second-order valence-corrected chi connectivity index (χ2v) is 7.41. The molecule has 1 saturated heterocycles. The lowest BCUT2D eigenvalue weighted by Crippen LogP contribution is -2.53. The first-order valence-electron chi connectivity index (χ1n) is 9.04. The Hall–Kier alpha value is -0.810. The van der Waals surface area contributed by atoms with Gasteiger partial charge in [-0.2, -0.15) is 0 Å². The molecule has 22 heavy (non-hydrogen) atoms. The van der Waals surface area contributed by atoms with Gasteiger partial charge in [0.15, 0.2) is 0 Å². The fraction of sp³-hybridized carbons (Fsp3) is 0.941. The molecule has 2 aliphatic carbocycles. The highest BCUT2D eigenvalue weighted by atomic mass is 16.5. The van der Waals surface area contributed by atoms with Gasteiger partial charge in [0.25, 0.3) is 0 Å². The van der Waals surface area contributed by atoms with Gasteiger partial charge >= 0.3 is 6.03 Å². The molecule has 0 bridgehead atoms. The van der Waals surface area contributed by atoms with Crippen molar-refractivity contribution in [1.29, 1.82) is 0 Å². The Morgan fingerprint density at radius 1 is 0.955 bits per heavy atom. The normalized spacial score (nSPS) is 35.0. The molecule has 0 aromatic carbocycles. The van der Waals surface area contributed by atoms with Crippen LogP contribution in [0.2, 0.25) is 0 Å². The summed E-state index contributed by atoms with van der Waals surface area (Å²) in [4.78, 5) is 12.2. The minimum absolute atomic E-state index is 0.0311. The van der Waals surface area contributed by atoms with Crippen LogP contribution in [0.1, 0.15) is 70.6 Å². The molecular formula is C17H30N2O3. The van der Waals surface area contributed by atoms with Crippen molar-refractivity contribution in [3.8, 4) is 0 Å². The highest BCUT2D eigenvalue weighted by Crippen LogP contribution is 2.38. The van der Waals surface area contributed by atoms with Gasteiger partial charge < -0.3 is 20.5 Å². The molecule has 1 atom stereocenters. The SMILES string of the molecule is O=C(NC1CCC(O)CC1)NC1CCOC2(CCCCC2)C1. The largest absolute Gasteiger partial charge is 0.393 e. The first-order chi connectivity index (χ1) is 10.7. The van der Waals surface area contributed by atoms with Gasteiger partial charge in [0.05, 0.1) is 11.7 Å². The zero-order valence-corrected chi connectivity index (χ0v) is 13.5. The summed E-state index contributed by atoms with van der Waals surface area (Å²) in [6.07, 6.45) is 11.2. The van der Waals surface area contributed by atoms with Crippen molar-refractivity contribution >= 4 is 6.03 Å². The van der Waals surface area contributed by atoms with Crippen LogP contribution in [0.15, 0.2) is 0 Å². The molecular weight excluding hydrogens is 280 g/mol. The minimum atomic E-state index is -0.178. The summed E-state index contributed by atoms with van der Waals surface area (Å²) in [5.41, 5.74) is 0.0311. The maximum atomic E-state index is 12.2. The van der Waals surface area contributed by atoms with Gasteiger partial charge in [0.1, 0.15) is 0 Å². The number of rotatable bonds is 2. The zero-order chi connectivity index (χ0) is 15.4. The summed E-state index contributed by atoms with van der Waals surface area (Å²) in [5, 5.41) is 15.8. The average molecular weight is 310 g/mol. The van der Waals surface area contributed by atoms with E-state index in [1.54, 1.807) is 0 Å². The Kier molecular flexibility index (Phi) is 5.24. The number of carbonyl (C=O) groups is 1. The van der Waals surface area contributed by atoms with E-state index in [9.17, 15) is 9.90 Å². The van der Waals surface area contributed by atoms with Crippen LogP contribution in [0.5, 0.6) is 0 Å². The summed E-state index contributed by atoms with van der Waals surface area (Å²) < 4.78 is 6.08. The van der Waals surface area contributed by atoms with Crippen LogP contribution in [-0.2, 0) is 4.74 Å². The summed E-state index contributed by atoms with van der Waals surface area (Å²) in [6.45, 7) is 0.764. The Morgan fingerprint density at radius 2 is 1.64 bits per heavy atom. The average Bonchev–Trinajstić information content (AvgIpc) is 2.50. The first-order valence-corrected chi connectivity index (χ1v) is 9.04. The molecule has 3 fully saturated rings. The molecule has 1 spiro atoms. The van der Waals surface area contributed by atoms with Crippen LogP contribution in [-0.4, -0.2) is 41.5 Å². The molecule has 0 aromatic heterocycles. The third kappa shape index (κ3) is 4.13. The van der Waals surface area contributed by atoms with Crippen molar-refractivity contribution < 1.29 is 14.6 Å². The van der Waals surface area contributed by atoms with Gasteiger partial charge in [-0.1, -0.05) is 19.3 Å². The highest BCUT2D eigenvalue weighted by molar-refractivity contribution is 5.74. The number of nitrogens with one attached hydrogen (secondary N) is 2. The van der Waals surface area contributed by atoms with Gasteiger partial charge in [-0.3, -0.25) is 0 Å². The van der Waals surface area contributed by atoms with Crippen molar-refractivity contribution in [1.82, 2.24) is 10.6 Å². The second kappa shape index (κ2) is 7.18. The minimum Gasteiger partial charge on any atom is -0.393 e. The number of hydrogen-bond acceptors (Lipinski definition) is 3. The lowest BCUT2D eigenvalue weighted by molar-refractivity contribution is -0.107. The van der Waals surface area contributed by atoms with Crippen molar-refractivity contribution in [2.24, 2.45) is 0 Å². The molecule has 5 nitrogen and oxygen atoms in total. The summed E-state index contributed by atoms with van der Waals surface area (Å²) in [6, 6.07) is 0.409. The number of carbonyl (C=O) groups excluding carboxylic acids is 1. The topological polar surface area (TPSA) is 70.6 Å². The van der Waals surface area contributed by atoms with Gasteiger partial charge in [-0.15, -0.1) is 0 Å². The molecule has 3 aliphatic rings. The van der Waals surface area contributed by atoms with E-state index in [0.717, 1.165) is 58.0 Å². The van der Waals surface area contributed by atoms with Crippen molar-refractivity contribution in [2.45, 2.75) is 94.4 Å². The third-order valence-corrected chi connectivity index (χ3v) is 5.62. The maximum absolute atomic E-state index is 12.2. The Labute approximate surface area is 133 Å². The Balaban J connectivity index is 1.44. The Bertz CT molecular complexity index is 369. The smallest absolute Gasteiger partial charge is 0.315 e. The fourth-order valence-corrected chi connectivity index (χ4v) is 4.33. The quantitative estimate of drug-likeness (QED) is 0.734. The van der Waals surface area contributed by atoms with Crippen LogP contribution in [0.25, 0.3) is 0 Å². The molecule has 3 N–H and O–H groups in total. The number of aliphatic hydroxyl groups excluding tert-OH is 1. The third-order valence-electron chi connectivity index (χ3n) is 5.62. The molecule has 5 heteroatoms. The van der Waals surface area contributed by atoms with E-state index in [4.69, 9.17) is 4.74 Å². The van der Waals surface area contributed by atoms with Gasteiger partial charge in [0.2, 0.25) is 0 Å². The van der Waals surface area contributed by atoms with E-state index in [2.05, 4.69) is 10.6 Å². The predicted molar refractivity (Wildman–Crippen MR) is 84.7 cm³/mol. The number of aliphatic hydroxyl groups is 1. The highest BCUT2D eigenvalue weighted by Gasteiger charge is 2.39. The summed E-state index contributed by atoms with van der Waals surface area (Å²) >= 11 is 0. The predicted octanol–water partition coefficient (Wildman–Crippen LogP) is 2.47. The van der Waals surface area contributed by atoms with E-state index in [1.165, 1.54) is 19.3 Å².